The number of likely N-dealkylation sites (N-methyl/N-ethyl adjacent to an activating group) is 1. The van der Waals surface area contributed by atoms with Crippen molar-refractivity contribution in [1.82, 2.24) is 9.88 Å². The summed E-state index contributed by atoms with van der Waals surface area (Å²) in [6.07, 6.45) is 1.71. The van der Waals surface area contributed by atoms with Crippen molar-refractivity contribution in [3.05, 3.63) is 53.9 Å². The topological polar surface area (TPSA) is 48.5 Å². The number of anilines is 2. The first-order valence-corrected chi connectivity index (χ1v) is 7.90. The van der Waals surface area contributed by atoms with Crippen LogP contribution in [-0.4, -0.2) is 49.0 Å². The SMILES string of the molecule is Cc1ccccc1NC(=O)c1cc(N2CCN(C)CC2)ccn1. The van der Waals surface area contributed by atoms with Crippen LogP contribution >= 0.6 is 0 Å². The van der Waals surface area contributed by atoms with Crippen molar-refractivity contribution >= 4 is 17.3 Å². The van der Waals surface area contributed by atoms with Gasteiger partial charge in [-0.15, -0.1) is 0 Å². The number of aryl methyl sites for hydroxylation is 1. The van der Waals surface area contributed by atoms with Crippen molar-refractivity contribution in [3.63, 3.8) is 0 Å². The van der Waals surface area contributed by atoms with E-state index >= 15 is 0 Å². The largest absolute Gasteiger partial charge is 0.369 e. The highest BCUT2D eigenvalue weighted by Crippen LogP contribution is 2.18. The molecule has 1 aliphatic rings. The quantitative estimate of drug-likeness (QED) is 0.946. The van der Waals surface area contributed by atoms with Crippen molar-refractivity contribution in [2.24, 2.45) is 0 Å². The van der Waals surface area contributed by atoms with E-state index in [0.29, 0.717) is 5.69 Å². The lowest BCUT2D eigenvalue weighted by molar-refractivity contribution is 0.102. The lowest BCUT2D eigenvalue weighted by atomic mass is 10.2. The van der Waals surface area contributed by atoms with Crippen LogP contribution in [0.3, 0.4) is 0 Å². The fraction of sp³-hybridized carbons (Fsp3) is 0.333. The Kier molecular flexibility index (Phi) is 4.57. The number of rotatable bonds is 3. The molecule has 0 spiro atoms. The first-order chi connectivity index (χ1) is 11.1. The molecule has 0 saturated carbocycles. The van der Waals surface area contributed by atoms with Crippen LogP contribution in [0.4, 0.5) is 11.4 Å². The molecule has 0 atom stereocenters. The van der Waals surface area contributed by atoms with Crippen molar-refractivity contribution in [2.45, 2.75) is 6.92 Å². The standard InChI is InChI=1S/C18H22N4O/c1-14-5-3-4-6-16(14)20-18(23)17-13-15(7-8-19-17)22-11-9-21(2)10-12-22/h3-8,13H,9-12H2,1-2H3,(H,20,23). The summed E-state index contributed by atoms with van der Waals surface area (Å²) in [5.74, 6) is -0.171. The lowest BCUT2D eigenvalue weighted by Crippen LogP contribution is -2.44. The molecule has 3 rings (SSSR count). The number of para-hydroxylation sites is 1. The minimum absolute atomic E-state index is 0.171. The maximum atomic E-state index is 12.5. The van der Waals surface area contributed by atoms with Crippen LogP contribution in [-0.2, 0) is 0 Å². The fourth-order valence-electron chi connectivity index (χ4n) is 2.70. The van der Waals surface area contributed by atoms with E-state index in [4.69, 9.17) is 0 Å². The minimum Gasteiger partial charge on any atom is -0.369 e. The van der Waals surface area contributed by atoms with Gasteiger partial charge in [-0.05, 0) is 37.7 Å². The molecule has 1 aromatic carbocycles. The van der Waals surface area contributed by atoms with Crippen LogP contribution < -0.4 is 10.2 Å². The molecule has 1 aliphatic heterocycles. The van der Waals surface area contributed by atoms with E-state index in [1.807, 2.05) is 43.3 Å². The summed E-state index contributed by atoms with van der Waals surface area (Å²) in [7, 11) is 2.13. The van der Waals surface area contributed by atoms with E-state index < -0.39 is 0 Å². The van der Waals surface area contributed by atoms with E-state index in [9.17, 15) is 4.79 Å². The van der Waals surface area contributed by atoms with Crippen molar-refractivity contribution < 1.29 is 4.79 Å². The van der Waals surface area contributed by atoms with Gasteiger partial charge in [-0.2, -0.15) is 0 Å². The zero-order valence-corrected chi connectivity index (χ0v) is 13.6. The van der Waals surface area contributed by atoms with E-state index in [0.717, 1.165) is 43.1 Å². The van der Waals surface area contributed by atoms with Gasteiger partial charge in [0, 0.05) is 43.8 Å². The Bertz CT molecular complexity index is 693. The number of nitrogens with zero attached hydrogens (tertiary/aromatic N) is 3. The number of aromatic nitrogens is 1. The van der Waals surface area contributed by atoms with E-state index in [2.05, 4.69) is 27.1 Å². The Morgan fingerprint density at radius 3 is 2.61 bits per heavy atom. The van der Waals surface area contributed by atoms with Gasteiger partial charge in [-0.25, -0.2) is 0 Å². The number of pyridine rings is 1. The van der Waals surface area contributed by atoms with Crippen LogP contribution in [0.1, 0.15) is 16.1 Å². The highest BCUT2D eigenvalue weighted by atomic mass is 16.1. The molecule has 5 heteroatoms. The summed E-state index contributed by atoms with van der Waals surface area (Å²) in [5.41, 5.74) is 3.37. The van der Waals surface area contributed by atoms with Gasteiger partial charge < -0.3 is 15.1 Å². The molecule has 0 aliphatic carbocycles. The maximum Gasteiger partial charge on any atom is 0.274 e. The average Bonchev–Trinajstić information content (AvgIpc) is 2.58. The Labute approximate surface area is 136 Å². The zero-order chi connectivity index (χ0) is 16.2. The third kappa shape index (κ3) is 3.68. The van der Waals surface area contributed by atoms with Gasteiger partial charge in [0.15, 0.2) is 0 Å². The summed E-state index contributed by atoms with van der Waals surface area (Å²) >= 11 is 0. The lowest BCUT2D eigenvalue weighted by Gasteiger charge is -2.34. The van der Waals surface area contributed by atoms with Gasteiger partial charge in [0.25, 0.3) is 5.91 Å². The molecule has 23 heavy (non-hydrogen) atoms. The predicted molar refractivity (Wildman–Crippen MR) is 93.1 cm³/mol. The third-order valence-corrected chi connectivity index (χ3v) is 4.24. The summed E-state index contributed by atoms with van der Waals surface area (Å²) in [6.45, 7) is 5.99. The van der Waals surface area contributed by atoms with Crippen molar-refractivity contribution in [2.75, 3.05) is 43.4 Å². The molecule has 0 unspecified atom stereocenters. The van der Waals surface area contributed by atoms with Crippen LogP contribution in [0, 0.1) is 6.92 Å². The molecule has 1 aromatic heterocycles. The van der Waals surface area contributed by atoms with Gasteiger partial charge in [0.1, 0.15) is 5.69 Å². The minimum atomic E-state index is -0.171. The Balaban J connectivity index is 1.74. The molecule has 120 valence electrons. The first-order valence-electron chi connectivity index (χ1n) is 7.90. The van der Waals surface area contributed by atoms with Crippen LogP contribution in [0.15, 0.2) is 42.6 Å². The summed E-state index contributed by atoms with van der Waals surface area (Å²) in [6, 6.07) is 11.6. The second-order valence-corrected chi connectivity index (χ2v) is 5.96. The molecule has 2 aromatic rings. The smallest absolute Gasteiger partial charge is 0.274 e. The van der Waals surface area contributed by atoms with Crippen LogP contribution in [0.5, 0.6) is 0 Å². The summed E-state index contributed by atoms with van der Waals surface area (Å²) < 4.78 is 0. The Hall–Kier alpha value is -2.40. The number of hydrogen-bond acceptors (Lipinski definition) is 4. The molecular formula is C18H22N4O. The van der Waals surface area contributed by atoms with Gasteiger partial charge in [-0.3, -0.25) is 9.78 Å². The second-order valence-electron chi connectivity index (χ2n) is 5.96. The first kappa shape index (κ1) is 15.5. The maximum absolute atomic E-state index is 12.5. The number of piperazine rings is 1. The average molecular weight is 310 g/mol. The number of carbonyl (C=O) groups excluding carboxylic acids is 1. The normalized spacial score (nSPS) is 15.5. The van der Waals surface area contributed by atoms with E-state index in [1.54, 1.807) is 6.20 Å². The van der Waals surface area contributed by atoms with E-state index in [-0.39, 0.29) is 5.91 Å². The Morgan fingerprint density at radius 2 is 1.87 bits per heavy atom. The summed E-state index contributed by atoms with van der Waals surface area (Å²) in [4.78, 5) is 21.3. The Morgan fingerprint density at radius 1 is 1.13 bits per heavy atom. The molecule has 2 heterocycles. The molecule has 0 radical (unpaired) electrons. The number of benzene rings is 1. The second kappa shape index (κ2) is 6.79. The van der Waals surface area contributed by atoms with Gasteiger partial charge in [0.05, 0.1) is 0 Å². The predicted octanol–water partition coefficient (Wildman–Crippen LogP) is 2.39. The van der Waals surface area contributed by atoms with Gasteiger partial charge >= 0.3 is 0 Å². The number of amides is 1. The molecular weight excluding hydrogens is 288 g/mol. The number of hydrogen-bond donors (Lipinski definition) is 1. The molecule has 5 nitrogen and oxygen atoms in total. The highest BCUT2D eigenvalue weighted by Gasteiger charge is 2.16. The zero-order valence-electron chi connectivity index (χ0n) is 13.6. The van der Waals surface area contributed by atoms with E-state index in [1.165, 1.54) is 0 Å². The van der Waals surface area contributed by atoms with Crippen LogP contribution in [0.2, 0.25) is 0 Å². The van der Waals surface area contributed by atoms with Crippen molar-refractivity contribution in [3.8, 4) is 0 Å². The third-order valence-electron chi connectivity index (χ3n) is 4.24. The molecule has 1 fully saturated rings. The molecule has 1 amide bonds. The highest BCUT2D eigenvalue weighted by molar-refractivity contribution is 6.03. The van der Waals surface area contributed by atoms with Crippen LogP contribution in [0.25, 0.3) is 0 Å². The fourth-order valence-corrected chi connectivity index (χ4v) is 2.70. The van der Waals surface area contributed by atoms with Gasteiger partial charge in [0.2, 0.25) is 0 Å². The molecule has 0 bridgehead atoms. The number of nitrogens with one attached hydrogen (secondary N) is 1. The monoisotopic (exact) mass is 310 g/mol. The molecule has 1 N–H and O–H groups in total. The number of carbonyl (C=O) groups is 1. The van der Waals surface area contributed by atoms with Crippen molar-refractivity contribution in [1.29, 1.82) is 0 Å². The van der Waals surface area contributed by atoms with Gasteiger partial charge in [-0.1, -0.05) is 18.2 Å². The summed E-state index contributed by atoms with van der Waals surface area (Å²) in [5, 5.41) is 2.94. The molecule has 1 saturated heterocycles.